The number of hydrogen-bond donors (Lipinski definition) is 0. The number of nitrogens with zero attached hydrogens (tertiary/aromatic N) is 4. The number of rotatable bonds is 1. The van der Waals surface area contributed by atoms with Crippen molar-refractivity contribution in [2.45, 2.75) is 27.7 Å². The molecule has 0 atom stereocenters. The highest BCUT2D eigenvalue weighted by atomic mass is 16.1. The third kappa shape index (κ3) is 1.96. The maximum Gasteiger partial charge on any atom is 0.294 e. The van der Waals surface area contributed by atoms with Crippen LogP contribution in [0.25, 0.3) is 16.6 Å². The van der Waals surface area contributed by atoms with Gasteiger partial charge in [0, 0.05) is 7.05 Å². The minimum absolute atomic E-state index is 0.165. The molecular formula is C16H18N4O. The number of benzene rings is 1. The molecule has 3 rings (SSSR count). The van der Waals surface area contributed by atoms with Crippen molar-refractivity contribution in [3.05, 3.63) is 51.1 Å². The van der Waals surface area contributed by atoms with Crippen LogP contribution in [0, 0.1) is 27.7 Å². The van der Waals surface area contributed by atoms with E-state index in [1.807, 2.05) is 24.6 Å². The first kappa shape index (κ1) is 13.5. The van der Waals surface area contributed by atoms with Gasteiger partial charge in [-0.05, 0) is 51.0 Å². The summed E-state index contributed by atoms with van der Waals surface area (Å²) in [5, 5.41) is 9.61. The highest BCUT2D eigenvalue weighted by molar-refractivity contribution is 5.83. The summed E-state index contributed by atoms with van der Waals surface area (Å²) < 4.78 is 3.17. The van der Waals surface area contributed by atoms with E-state index in [1.54, 1.807) is 7.05 Å². The van der Waals surface area contributed by atoms with Crippen molar-refractivity contribution in [2.24, 2.45) is 7.05 Å². The predicted molar refractivity (Wildman–Crippen MR) is 83.1 cm³/mol. The SMILES string of the molecule is Cc1ccc(-n2nc3c(=O)n(C)nc(C)c3c2C)cc1C. The third-order valence-electron chi connectivity index (χ3n) is 4.01. The normalized spacial score (nSPS) is 11.3. The minimum atomic E-state index is -0.165. The molecule has 0 spiro atoms. The van der Waals surface area contributed by atoms with Gasteiger partial charge in [0.25, 0.3) is 5.56 Å². The van der Waals surface area contributed by atoms with E-state index in [1.165, 1.54) is 15.8 Å². The van der Waals surface area contributed by atoms with Crippen LogP contribution < -0.4 is 5.56 Å². The highest BCUT2D eigenvalue weighted by Gasteiger charge is 2.16. The van der Waals surface area contributed by atoms with Crippen molar-refractivity contribution in [3.63, 3.8) is 0 Å². The van der Waals surface area contributed by atoms with Crippen LogP contribution in [0.4, 0.5) is 0 Å². The van der Waals surface area contributed by atoms with E-state index in [4.69, 9.17) is 0 Å². The van der Waals surface area contributed by atoms with Gasteiger partial charge < -0.3 is 0 Å². The van der Waals surface area contributed by atoms with Gasteiger partial charge >= 0.3 is 0 Å². The fourth-order valence-electron chi connectivity index (χ4n) is 2.67. The molecule has 21 heavy (non-hydrogen) atoms. The summed E-state index contributed by atoms with van der Waals surface area (Å²) in [5.41, 5.74) is 5.47. The zero-order valence-corrected chi connectivity index (χ0v) is 12.9. The van der Waals surface area contributed by atoms with Crippen LogP contribution in [-0.4, -0.2) is 19.6 Å². The molecule has 5 heteroatoms. The van der Waals surface area contributed by atoms with Gasteiger partial charge in [-0.3, -0.25) is 4.79 Å². The quantitative estimate of drug-likeness (QED) is 0.688. The summed E-state index contributed by atoms with van der Waals surface area (Å²) in [4.78, 5) is 12.2. The second-order valence-electron chi connectivity index (χ2n) is 5.50. The molecule has 1 aromatic carbocycles. The van der Waals surface area contributed by atoms with Crippen LogP contribution in [0.3, 0.4) is 0 Å². The summed E-state index contributed by atoms with van der Waals surface area (Å²) in [6.07, 6.45) is 0. The Morgan fingerprint density at radius 2 is 1.71 bits per heavy atom. The summed E-state index contributed by atoms with van der Waals surface area (Å²) in [6, 6.07) is 6.18. The van der Waals surface area contributed by atoms with E-state index in [-0.39, 0.29) is 5.56 Å². The molecule has 3 aromatic rings. The molecule has 0 bridgehead atoms. The molecule has 0 aliphatic carbocycles. The van der Waals surface area contributed by atoms with Gasteiger partial charge in [0.2, 0.25) is 0 Å². The Kier molecular flexibility index (Phi) is 2.93. The van der Waals surface area contributed by atoms with Gasteiger partial charge in [-0.1, -0.05) is 6.07 Å². The van der Waals surface area contributed by atoms with Gasteiger partial charge in [0.05, 0.1) is 22.5 Å². The second kappa shape index (κ2) is 4.55. The molecule has 0 saturated heterocycles. The molecule has 0 amide bonds. The van der Waals surface area contributed by atoms with Gasteiger partial charge in [-0.2, -0.15) is 10.2 Å². The monoisotopic (exact) mass is 282 g/mol. The van der Waals surface area contributed by atoms with Crippen molar-refractivity contribution >= 4 is 10.9 Å². The predicted octanol–water partition coefficient (Wildman–Crippen LogP) is 2.35. The van der Waals surface area contributed by atoms with Gasteiger partial charge in [-0.25, -0.2) is 9.36 Å². The standard InChI is InChI=1S/C16H18N4O/c1-9-6-7-13(8-10(9)2)20-12(4)14-11(3)17-19(5)16(21)15(14)18-20/h6-8H,1-5H3. The summed E-state index contributed by atoms with van der Waals surface area (Å²) in [5.74, 6) is 0. The maximum absolute atomic E-state index is 12.2. The molecule has 5 nitrogen and oxygen atoms in total. The largest absolute Gasteiger partial charge is 0.294 e. The molecule has 0 radical (unpaired) electrons. The zero-order chi connectivity index (χ0) is 15.3. The van der Waals surface area contributed by atoms with Crippen molar-refractivity contribution in [1.29, 1.82) is 0 Å². The molecule has 0 saturated carbocycles. The maximum atomic E-state index is 12.2. The second-order valence-corrected chi connectivity index (χ2v) is 5.50. The topological polar surface area (TPSA) is 52.7 Å². The van der Waals surface area contributed by atoms with Gasteiger partial charge in [-0.15, -0.1) is 0 Å². The first-order chi connectivity index (χ1) is 9.90. The molecule has 0 N–H and O–H groups in total. The lowest BCUT2D eigenvalue weighted by Gasteiger charge is -2.07. The Morgan fingerprint density at radius 1 is 1.00 bits per heavy atom. The number of fused-ring (bicyclic) bond motifs is 1. The Balaban J connectivity index is 2.37. The molecular weight excluding hydrogens is 264 g/mol. The van der Waals surface area contributed by atoms with E-state index in [9.17, 15) is 4.79 Å². The Morgan fingerprint density at radius 3 is 2.38 bits per heavy atom. The summed E-state index contributed by atoms with van der Waals surface area (Å²) >= 11 is 0. The Hall–Kier alpha value is -2.43. The van der Waals surface area contributed by atoms with Crippen LogP contribution in [0.1, 0.15) is 22.5 Å². The zero-order valence-electron chi connectivity index (χ0n) is 12.9. The van der Waals surface area contributed by atoms with Gasteiger partial charge in [0.1, 0.15) is 0 Å². The molecule has 0 aliphatic rings. The fourth-order valence-corrected chi connectivity index (χ4v) is 2.67. The fraction of sp³-hybridized carbons (Fsp3) is 0.312. The summed E-state index contributed by atoms with van der Waals surface area (Å²) in [7, 11) is 1.65. The van der Waals surface area contributed by atoms with E-state index in [0.717, 1.165) is 22.5 Å². The molecule has 108 valence electrons. The lowest BCUT2D eigenvalue weighted by Crippen LogP contribution is -2.20. The smallest absolute Gasteiger partial charge is 0.265 e. The minimum Gasteiger partial charge on any atom is -0.265 e. The van der Waals surface area contributed by atoms with E-state index in [0.29, 0.717) is 5.52 Å². The van der Waals surface area contributed by atoms with Crippen molar-refractivity contribution in [2.75, 3.05) is 0 Å². The number of hydrogen-bond acceptors (Lipinski definition) is 3. The first-order valence-corrected chi connectivity index (χ1v) is 6.91. The highest BCUT2D eigenvalue weighted by Crippen LogP contribution is 2.22. The average molecular weight is 282 g/mol. The molecule has 0 fully saturated rings. The summed E-state index contributed by atoms with van der Waals surface area (Å²) in [6.45, 7) is 8.03. The van der Waals surface area contributed by atoms with Crippen LogP contribution >= 0.6 is 0 Å². The number of aryl methyl sites for hydroxylation is 5. The first-order valence-electron chi connectivity index (χ1n) is 6.91. The molecule has 2 aromatic heterocycles. The third-order valence-corrected chi connectivity index (χ3v) is 4.01. The lowest BCUT2D eigenvalue weighted by atomic mass is 10.1. The van der Waals surface area contributed by atoms with Crippen molar-refractivity contribution in [1.82, 2.24) is 19.6 Å². The van der Waals surface area contributed by atoms with Crippen molar-refractivity contribution in [3.8, 4) is 5.69 Å². The number of aromatic nitrogens is 4. The molecule has 2 heterocycles. The Bertz CT molecular complexity index is 918. The van der Waals surface area contributed by atoms with E-state index >= 15 is 0 Å². The Labute approximate surface area is 122 Å². The van der Waals surface area contributed by atoms with Crippen LogP contribution in [-0.2, 0) is 7.05 Å². The van der Waals surface area contributed by atoms with Gasteiger partial charge in [0.15, 0.2) is 5.52 Å². The van der Waals surface area contributed by atoms with E-state index in [2.05, 4.69) is 36.2 Å². The lowest BCUT2D eigenvalue weighted by molar-refractivity contribution is 0.702. The van der Waals surface area contributed by atoms with Crippen LogP contribution in [0.2, 0.25) is 0 Å². The van der Waals surface area contributed by atoms with Crippen molar-refractivity contribution < 1.29 is 0 Å². The molecule has 0 aliphatic heterocycles. The van der Waals surface area contributed by atoms with Crippen LogP contribution in [0.15, 0.2) is 23.0 Å². The molecule has 0 unspecified atom stereocenters. The van der Waals surface area contributed by atoms with E-state index < -0.39 is 0 Å². The average Bonchev–Trinajstić information content (AvgIpc) is 2.78. The van der Waals surface area contributed by atoms with Crippen LogP contribution in [0.5, 0.6) is 0 Å².